The van der Waals surface area contributed by atoms with Crippen molar-refractivity contribution in [3.63, 3.8) is 0 Å². The number of nitrogens with zero attached hydrogens (tertiary/aromatic N) is 10. The number of azo groups is 2. The van der Waals surface area contributed by atoms with Gasteiger partial charge in [-0.25, -0.2) is 50.5 Å². The molecular formula is C44H24Cl2N14Na6O20S6. The number of phenolic OH excluding ortho intramolecular Hbond substituents is 2. The second-order valence-corrected chi connectivity index (χ2v) is 25.8. The van der Waals surface area contributed by atoms with Crippen molar-refractivity contribution in [2.24, 2.45) is 20.5 Å². The van der Waals surface area contributed by atoms with E-state index in [0.717, 1.165) is 36.4 Å². The largest absolute Gasteiger partial charge is 1.00 e. The molecule has 0 bridgehead atoms. The van der Waals surface area contributed by atoms with E-state index in [9.17, 15) is 88.0 Å². The van der Waals surface area contributed by atoms with Crippen molar-refractivity contribution in [2.75, 3.05) is 21.3 Å². The summed E-state index contributed by atoms with van der Waals surface area (Å²) >= 11 is 12.4. The minimum absolute atomic E-state index is 0. The summed E-state index contributed by atoms with van der Waals surface area (Å²) in [5, 5.41) is 44.6. The van der Waals surface area contributed by atoms with Gasteiger partial charge in [-0.15, -0.1) is 20.5 Å². The molecule has 34 nitrogen and oxygen atoms in total. The first kappa shape index (κ1) is 83.3. The van der Waals surface area contributed by atoms with Crippen LogP contribution >= 0.6 is 23.2 Å². The number of phenols is 2. The van der Waals surface area contributed by atoms with Crippen LogP contribution in [0.5, 0.6) is 11.5 Å². The smallest absolute Gasteiger partial charge is 0.744 e. The number of aromatic nitrogens is 6. The van der Waals surface area contributed by atoms with Crippen molar-refractivity contribution in [3.8, 4) is 11.5 Å². The fourth-order valence-electron chi connectivity index (χ4n) is 7.75. The molecule has 9 rings (SSSR count). The van der Waals surface area contributed by atoms with Gasteiger partial charge in [-0.05, 0) is 119 Å². The minimum atomic E-state index is -5.66. The predicted octanol–water partition coefficient (Wildman–Crippen LogP) is -11.7. The summed E-state index contributed by atoms with van der Waals surface area (Å²) in [7, 11) is -32.5. The zero-order valence-electron chi connectivity index (χ0n) is 47.3. The van der Waals surface area contributed by atoms with Crippen molar-refractivity contribution in [2.45, 2.75) is 29.4 Å². The number of hydrogen-bond acceptors (Lipinski definition) is 34. The van der Waals surface area contributed by atoms with Gasteiger partial charge in [0.25, 0.3) is 0 Å². The van der Waals surface area contributed by atoms with Crippen molar-refractivity contribution < 1.29 is 265 Å². The van der Waals surface area contributed by atoms with E-state index in [1.54, 1.807) is 0 Å². The molecule has 0 radical (unpaired) electrons. The van der Waals surface area contributed by atoms with Crippen LogP contribution in [-0.2, 0) is 60.7 Å². The van der Waals surface area contributed by atoms with E-state index in [4.69, 9.17) is 23.2 Å². The van der Waals surface area contributed by atoms with Gasteiger partial charge in [-0.2, -0.15) is 29.9 Å². The quantitative estimate of drug-likeness (QED) is 0.0264. The average Bonchev–Trinajstić information content (AvgIpc) is 0.795. The fourth-order valence-corrected chi connectivity index (χ4v) is 11.6. The van der Waals surface area contributed by atoms with Gasteiger partial charge in [0.05, 0.1) is 40.7 Å². The third-order valence-electron chi connectivity index (χ3n) is 11.3. The molecule has 0 amide bonds. The number of aromatic hydroxyl groups is 2. The van der Waals surface area contributed by atoms with Crippen LogP contribution in [0, 0.1) is 0 Å². The number of nitrogens with one attached hydrogen (secondary N) is 4. The van der Waals surface area contributed by atoms with Gasteiger partial charge < -0.3 is 58.8 Å². The average molecular weight is 1470 g/mol. The second kappa shape index (κ2) is 32.7. The molecule has 9 aromatic rings. The number of halogens is 2. The van der Waals surface area contributed by atoms with Crippen LogP contribution in [0.1, 0.15) is 0 Å². The van der Waals surface area contributed by atoms with E-state index in [2.05, 4.69) is 71.6 Å². The molecule has 2 aromatic heterocycles. The maximum Gasteiger partial charge on any atom is 1.00 e. The first-order valence-corrected chi connectivity index (χ1v) is 31.7. The summed E-state index contributed by atoms with van der Waals surface area (Å²) in [5.41, 5.74) is -4.30. The van der Waals surface area contributed by atoms with Gasteiger partial charge in [-0.1, -0.05) is 24.3 Å². The monoisotopic (exact) mass is 1470 g/mol. The Hall–Kier alpha value is -2.88. The van der Waals surface area contributed by atoms with E-state index in [0.29, 0.717) is 36.4 Å². The number of anilines is 8. The number of benzene rings is 7. The molecule has 0 atom stereocenters. The zero-order valence-corrected chi connectivity index (χ0v) is 65.7. The molecule has 2 heterocycles. The van der Waals surface area contributed by atoms with E-state index >= 15 is 0 Å². The van der Waals surface area contributed by atoms with Crippen LogP contribution in [-0.4, -0.2) is 118 Å². The first-order valence-electron chi connectivity index (χ1n) is 22.5. The van der Waals surface area contributed by atoms with Gasteiger partial charge in [0.15, 0.2) is 11.5 Å². The fraction of sp³-hybridized carbons (Fsp3) is 0. The summed E-state index contributed by atoms with van der Waals surface area (Å²) < 4.78 is 220. The Bertz CT molecular complexity index is 4850. The summed E-state index contributed by atoms with van der Waals surface area (Å²) in [4.78, 5) is 17.5. The van der Waals surface area contributed by atoms with Crippen molar-refractivity contribution in [1.82, 2.24) is 29.9 Å². The molecule has 446 valence electrons. The predicted molar refractivity (Wildman–Crippen MR) is 289 cm³/mol. The molecule has 0 aliphatic carbocycles. The third kappa shape index (κ3) is 20.1. The topological polar surface area (TPSA) is 559 Å². The van der Waals surface area contributed by atoms with Crippen LogP contribution in [0.2, 0.25) is 10.6 Å². The first-order chi connectivity index (χ1) is 40.0. The maximum absolute atomic E-state index is 12.5. The Kier molecular flexibility index (Phi) is 29.6. The molecule has 0 saturated carbocycles. The number of hydrogen-bond donors (Lipinski definition) is 6. The second-order valence-electron chi connectivity index (χ2n) is 16.9. The summed E-state index contributed by atoms with van der Waals surface area (Å²) in [6.45, 7) is 0. The van der Waals surface area contributed by atoms with E-state index in [-0.39, 0.29) is 201 Å². The Morgan fingerprint density at radius 3 is 0.946 bits per heavy atom. The van der Waals surface area contributed by atoms with Crippen LogP contribution < -0.4 is 199 Å². The summed E-state index contributed by atoms with van der Waals surface area (Å²) in [6.07, 6.45) is 0. The molecule has 0 aliphatic heterocycles. The van der Waals surface area contributed by atoms with Gasteiger partial charge in [0.1, 0.15) is 83.5 Å². The normalized spacial score (nSPS) is 11.9. The molecule has 92 heavy (non-hydrogen) atoms. The third-order valence-corrected chi connectivity index (χ3v) is 16.7. The Labute approximate surface area is 662 Å². The van der Waals surface area contributed by atoms with Crippen LogP contribution in [0.4, 0.5) is 69.3 Å². The SMILES string of the molecule is O=S(=O)([O-])c1cc(Nc2nc(Cl)nc(Nc3ccc(Nc4nc(Cl)nc(Nc5cc(S(=O)(=O)[O-])cc6cc(S(=O)(=O)[O-])c(N=Nc7ccccc7S(=O)(=O)[O-])c(O)c56)n4)cc3)n2)c2c(O)c(N=Nc3ccccc3S(=O)(=O)[O-])c(S(=O)(=O)[O-])cc2c1.[Na+].[Na+].[Na+].[Na+].[Na+].[Na+]. The Balaban J connectivity index is 0.00000368. The zero-order chi connectivity index (χ0) is 62.6. The van der Waals surface area contributed by atoms with Gasteiger partial charge in [0.2, 0.25) is 34.4 Å². The minimum Gasteiger partial charge on any atom is -0.744 e. The van der Waals surface area contributed by atoms with Gasteiger partial charge >= 0.3 is 177 Å². The van der Waals surface area contributed by atoms with Crippen LogP contribution in [0.15, 0.2) is 159 Å². The summed E-state index contributed by atoms with van der Waals surface area (Å²) in [6, 6.07) is 17.6. The van der Waals surface area contributed by atoms with Crippen molar-refractivity contribution in [3.05, 3.63) is 120 Å². The number of rotatable bonds is 18. The molecule has 7 aromatic carbocycles. The molecule has 0 unspecified atom stereocenters. The summed E-state index contributed by atoms with van der Waals surface area (Å²) in [5.74, 6) is -4.21. The Morgan fingerprint density at radius 2 is 0.652 bits per heavy atom. The molecule has 0 fully saturated rings. The van der Waals surface area contributed by atoms with Crippen LogP contribution in [0.25, 0.3) is 21.5 Å². The maximum atomic E-state index is 12.5. The van der Waals surface area contributed by atoms with Gasteiger partial charge in [0, 0.05) is 22.1 Å². The molecule has 0 spiro atoms. The van der Waals surface area contributed by atoms with Gasteiger partial charge in [-0.3, -0.25) is 0 Å². The molecular weight excluding hydrogens is 1450 g/mol. The van der Waals surface area contributed by atoms with Crippen molar-refractivity contribution in [1.29, 1.82) is 0 Å². The van der Waals surface area contributed by atoms with E-state index in [1.165, 1.54) is 36.4 Å². The Morgan fingerprint density at radius 1 is 0.359 bits per heavy atom. The van der Waals surface area contributed by atoms with Crippen LogP contribution in [0.3, 0.4) is 0 Å². The standard InChI is InChI=1S/C44H30Cl2N14O20S6.6Na/c45-39-51-41(55-43(53-39)49-27-17-23(81(63,64)65)13-19-15-31(85(75,76)77)35(37(61)33(19)27)59-57-25-5-1-3-7-29(25)83(69,70)71)47-21-9-11-22(12-10-21)48-42-52-40(46)54-44(56-42)50-28-18-24(82(66,67)68)14-20-16-32(86(78,79)80)36(38(62)34(20)28)60-58-26-6-2-4-8-30(26)84(72,73)74;;;;;;/h1-18,61-62H,(H,63,64,65)(H,66,67,68)(H,69,70,71)(H,72,73,74)(H,75,76,77)(H,78,79,80)(H2,47,49,51,53,55)(H2,48,50,52,54,56);;;;;;/q;6*+1/p-6. The molecule has 6 N–H and O–H groups in total. The van der Waals surface area contributed by atoms with E-state index in [1.807, 2.05) is 0 Å². The molecule has 48 heteroatoms. The number of fused-ring (bicyclic) bond motifs is 2. The molecule has 0 aliphatic rings. The van der Waals surface area contributed by atoms with Crippen molar-refractivity contribution >= 4 is 175 Å². The molecule has 0 saturated heterocycles. The van der Waals surface area contributed by atoms with E-state index < -0.39 is 180 Å².